The van der Waals surface area contributed by atoms with Gasteiger partial charge in [0.2, 0.25) is 0 Å². The van der Waals surface area contributed by atoms with Crippen molar-refractivity contribution in [3.8, 4) is 0 Å². The van der Waals surface area contributed by atoms with Crippen molar-refractivity contribution in [2.24, 2.45) is 0 Å². The number of likely N-dealkylation sites (tertiary alicyclic amines) is 1. The average molecular weight is 267 g/mol. The van der Waals surface area contributed by atoms with Crippen LogP contribution in [0.5, 0.6) is 0 Å². The summed E-state index contributed by atoms with van der Waals surface area (Å²) < 4.78 is 19.5. The predicted octanol–water partition coefficient (Wildman–Crippen LogP) is 2.19. The molecule has 0 aromatic heterocycles. The highest BCUT2D eigenvalue weighted by atomic mass is 19.1. The Morgan fingerprint density at radius 2 is 2.00 bits per heavy atom. The SMILES string of the molecule is CC(O)C1(OCc2ccccc2F)CCN(C)CC1. The van der Waals surface area contributed by atoms with Gasteiger partial charge in [-0.15, -0.1) is 0 Å². The molecular formula is C15H22FNO2. The van der Waals surface area contributed by atoms with Gasteiger partial charge in [-0.2, -0.15) is 0 Å². The topological polar surface area (TPSA) is 32.7 Å². The van der Waals surface area contributed by atoms with Gasteiger partial charge >= 0.3 is 0 Å². The van der Waals surface area contributed by atoms with Crippen molar-refractivity contribution in [1.82, 2.24) is 4.90 Å². The van der Waals surface area contributed by atoms with Crippen molar-refractivity contribution in [1.29, 1.82) is 0 Å². The van der Waals surface area contributed by atoms with Crippen molar-refractivity contribution in [3.63, 3.8) is 0 Å². The van der Waals surface area contributed by atoms with Gasteiger partial charge in [0.05, 0.1) is 18.3 Å². The molecule has 106 valence electrons. The van der Waals surface area contributed by atoms with Crippen LogP contribution in [0.15, 0.2) is 24.3 Å². The summed E-state index contributed by atoms with van der Waals surface area (Å²) in [5, 5.41) is 10.0. The first-order valence-corrected chi connectivity index (χ1v) is 6.77. The zero-order valence-corrected chi connectivity index (χ0v) is 11.6. The quantitative estimate of drug-likeness (QED) is 0.907. The van der Waals surface area contributed by atoms with E-state index in [2.05, 4.69) is 11.9 Å². The van der Waals surface area contributed by atoms with Crippen LogP contribution in [0.1, 0.15) is 25.3 Å². The van der Waals surface area contributed by atoms with E-state index in [9.17, 15) is 9.50 Å². The zero-order chi connectivity index (χ0) is 13.9. The molecule has 3 nitrogen and oxygen atoms in total. The Labute approximate surface area is 114 Å². The molecule has 1 fully saturated rings. The van der Waals surface area contributed by atoms with Crippen molar-refractivity contribution in [2.75, 3.05) is 20.1 Å². The standard InChI is InChI=1S/C15H22FNO2/c1-12(18)15(7-9-17(2)10-8-15)19-11-13-5-3-4-6-14(13)16/h3-6,12,18H,7-11H2,1-2H3. The van der Waals surface area contributed by atoms with Crippen LogP contribution in [0, 0.1) is 5.82 Å². The number of hydrogen-bond acceptors (Lipinski definition) is 3. The third-order valence-electron chi connectivity index (χ3n) is 4.07. The Balaban J connectivity index is 2.04. The fourth-order valence-corrected chi connectivity index (χ4v) is 2.52. The number of halogens is 1. The van der Waals surface area contributed by atoms with Crippen LogP contribution < -0.4 is 0 Å². The molecule has 0 amide bonds. The maximum atomic E-state index is 13.6. The molecule has 1 aromatic rings. The predicted molar refractivity (Wildman–Crippen MR) is 72.3 cm³/mol. The highest BCUT2D eigenvalue weighted by Gasteiger charge is 2.39. The number of piperidine rings is 1. The monoisotopic (exact) mass is 267 g/mol. The molecule has 2 rings (SSSR count). The smallest absolute Gasteiger partial charge is 0.128 e. The maximum absolute atomic E-state index is 13.6. The van der Waals surface area contributed by atoms with E-state index in [1.807, 2.05) is 0 Å². The van der Waals surface area contributed by atoms with E-state index in [0.717, 1.165) is 25.9 Å². The largest absolute Gasteiger partial charge is 0.390 e. The van der Waals surface area contributed by atoms with Crippen LogP contribution in [0.25, 0.3) is 0 Å². The Hall–Kier alpha value is -0.970. The molecule has 19 heavy (non-hydrogen) atoms. The van der Waals surface area contributed by atoms with Crippen molar-refractivity contribution in [3.05, 3.63) is 35.6 Å². The number of aliphatic hydroxyl groups is 1. The van der Waals surface area contributed by atoms with Crippen LogP contribution in [-0.2, 0) is 11.3 Å². The molecule has 1 N–H and O–H groups in total. The van der Waals surface area contributed by atoms with Gasteiger partial charge in [-0.3, -0.25) is 0 Å². The van der Waals surface area contributed by atoms with Gasteiger partial charge in [0.25, 0.3) is 0 Å². The first-order valence-electron chi connectivity index (χ1n) is 6.77. The Kier molecular flexibility index (Phi) is 4.55. The molecule has 4 heteroatoms. The van der Waals surface area contributed by atoms with E-state index in [1.54, 1.807) is 25.1 Å². The van der Waals surface area contributed by atoms with Gasteiger partial charge in [-0.05, 0) is 32.9 Å². The highest BCUT2D eigenvalue weighted by molar-refractivity contribution is 5.16. The number of nitrogens with zero attached hydrogens (tertiary/aromatic N) is 1. The maximum Gasteiger partial charge on any atom is 0.128 e. The third kappa shape index (κ3) is 3.32. The number of benzene rings is 1. The molecule has 1 aromatic carbocycles. The molecule has 0 radical (unpaired) electrons. The summed E-state index contributed by atoms with van der Waals surface area (Å²) >= 11 is 0. The summed E-state index contributed by atoms with van der Waals surface area (Å²) in [5.41, 5.74) is -0.00382. The number of hydrogen-bond donors (Lipinski definition) is 1. The highest BCUT2D eigenvalue weighted by Crippen LogP contribution is 2.30. The second kappa shape index (κ2) is 5.99. The molecule has 0 spiro atoms. The first kappa shape index (κ1) is 14.4. The van der Waals surface area contributed by atoms with Gasteiger partial charge < -0.3 is 14.7 Å². The van der Waals surface area contributed by atoms with Crippen LogP contribution in [0.3, 0.4) is 0 Å². The first-order chi connectivity index (χ1) is 9.03. The van der Waals surface area contributed by atoms with Crippen LogP contribution in [0.2, 0.25) is 0 Å². The molecule has 0 aliphatic carbocycles. The van der Waals surface area contributed by atoms with Crippen molar-refractivity contribution >= 4 is 0 Å². The molecule has 1 heterocycles. The van der Waals surface area contributed by atoms with E-state index in [1.165, 1.54) is 6.07 Å². The fraction of sp³-hybridized carbons (Fsp3) is 0.600. The van der Waals surface area contributed by atoms with Crippen LogP contribution in [0.4, 0.5) is 4.39 Å². The molecule has 1 saturated heterocycles. The molecule has 1 aliphatic heterocycles. The molecule has 1 aliphatic rings. The Bertz CT molecular complexity index is 414. The lowest BCUT2D eigenvalue weighted by Crippen LogP contribution is -2.51. The number of aliphatic hydroxyl groups excluding tert-OH is 1. The summed E-state index contributed by atoms with van der Waals surface area (Å²) in [6.07, 6.45) is 0.999. The summed E-state index contributed by atoms with van der Waals surface area (Å²) in [4.78, 5) is 2.22. The zero-order valence-electron chi connectivity index (χ0n) is 11.6. The summed E-state index contributed by atoms with van der Waals surface area (Å²) in [5.74, 6) is -0.254. The van der Waals surface area contributed by atoms with E-state index in [4.69, 9.17) is 4.74 Å². The second-order valence-corrected chi connectivity index (χ2v) is 5.42. The van der Waals surface area contributed by atoms with Gasteiger partial charge in [0, 0.05) is 18.7 Å². The lowest BCUT2D eigenvalue weighted by molar-refractivity contribution is -0.151. The van der Waals surface area contributed by atoms with E-state index in [0.29, 0.717) is 5.56 Å². The minimum Gasteiger partial charge on any atom is -0.390 e. The normalized spacial score (nSPS) is 21.3. The number of rotatable bonds is 4. The fourth-order valence-electron chi connectivity index (χ4n) is 2.52. The van der Waals surface area contributed by atoms with Gasteiger partial charge in [0.15, 0.2) is 0 Å². The second-order valence-electron chi connectivity index (χ2n) is 5.42. The van der Waals surface area contributed by atoms with Crippen LogP contribution >= 0.6 is 0 Å². The molecule has 0 bridgehead atoms. The van der Waals surface area contributed by atoms with Gasteiger partial charge in [-0.25, -0.2) is 4.39 Å². The molecular weight excluding hydrogens is 245 g/mol. The average Bonchev–Trinajstić information content (AvgIpc) is 2.40. The Morgan fingerprint density at radius 3 is 2.58 bits per heavy atom. The van der Waals surface area contributed by atoms with Gasteiger partial charge in [0.1, 0.15) is 5.82 Å². The van der Waals surface area contributed by atoms with Gasteiger partial charge in [-0.1, -0.05) is 18.2 Å². The summed E-state index contributed by atoms with van der Waals surface area (Å²) in [7, 11) is 2.06. The van der Waals surface area contributed by atoms with E-state index < -0.39 is 11.7 Å². The van der Waals surface area contributed by atoms with E-state index >= 15 is 0 Å². The Morgan fingerprint density at radius 1 is 1.37 bits per heavy atom. The summed E-state index contributed by atoms with van der Waals surface area (Å²) in [6, 6.07) is 6.62. The van der Waals surface area contributed by atoms with Crippen LogP contribution in [-0.4, -0.2) is 41.8 Å². The molecule has 1 unspecified atom stereocenters. The molecule has 1 atom stereocenters. The lowest BCUT2D eigenvalue weighted by atomic mass is 9.86. The van der Waals surface area contributed by atoms with Crippen molar-refractivity contribution in [2.45, 2.75) is 38.1 Å². The minimum absolute atomic E-state index is 0.210. The van der Waals surface area contributed by atoms with Crippen molar-refractivity contribution < 1.29 is 14.2 Å². The van der Waals surface area contributed by atoms with E-state index in [-0.39, 0.29) is 12.4 Å². The third-order valence-corrected chi connectivity index (χ3v) is 4.07. The summed E-state index contributed by atoms with van der Waals surface area (Å²) in [6.45, 7) is 3.75. The minimum atomic E-state index is -0.548. The number of ether oxygens (including phenoxy) is 1. The molecule has 0 saturated carbocycles. The lowest BCUT2D eigenvalue weighted by Gasteiger charge is -2.42.